The minimum Gasteiger partial charge on any atom is -0.354 e. The van der Waals surface area contributed by atoms with Crippen molar-refractivity contribution in [2.45, 2.75) is 13.1 Å². The normalized spacial score (nSPS) is 18.1. The molecule has 0 unspecified atom stereocenters. The van der Waals surface area contributed by atoms with Crippen molar-refractivity contribution in [3.63, 3.8) is 0 Å². The molecule has 5 rings (SSSR count). The van der Waals surface area contributed by atoms with Gasteiger partial charge in [0.2, 0.25) is 0 Å². The first-order valence-electron chi connectivity index (χ1n) is 11.8. The standard InChI is InChI=1S/C27H33N5/c1-3-8-24(9-4-1)22-29-14-18-31(19-15-29)26-12-7-13-27(28-26)32-20-16-30(17-21-32)23-25-10-5-2-6-11-25/h1-13H,14-23H2. The summed E-state index contributed by atoms with van der Waals surface area (Å²) in [7, 11) is 0. The fourth-order valence-corrected chi connectivity index (χ4v) is 4.72. The van der Waals surface area contributed by atoms with E-state index >= 15 is 0 Å². The van der Waals surface area contributed by atoms with Gasteiger partial charge in [-0.05, 0) is 23.3 Å². The van der Waals surface area contributed by atoms with E-state index in [9.17, 15) is 0 Å². The van der Waals surface area contributed by atoms with E-state index in [0.717, 1.165) is 77.1 Å². The molecule has 2 fully saturated rings. The van der Waals surface area contributed by atoms with Gasteiger partial charge in [0.05, 0.1) is 0 Å². The SMILES string of the molecule is c1ccc(CN2CCN(c3cccc(N4CCN(Cc5ccccc5)CC4)n3)CC2)cc1. The average Bonchev–Trinajstić information content (AvgIpc) is 2.86. The molecule has 0 spiro atoms. The van der Waals surface area contributed by atoms with Gasteiger partial charge in [-0.25, -0.2) is 4.98 Å². The average molecular weight is 428 g/mol. The number of benzene rings is 2. The fraction of sp³-hybridized carbons (Fsp3) is 0.370. The summed E-state index contributed by atoms with van der Waals surface area (Å²) in [6.07, 6.45) is 0. The monoisotopic (exact) mass is 427 g/mol. The van der Waals surface area contributed by atoms with Crippen molar-refractivity contribution >= 4 is 11.6 Å². The van der Waals surface area contributed by atoms with E-state index in [2.05, 4.69) is 98.5 Å². The van der Waals surface area contributed by atoms with Crippen molar-refractivity contribution in [2.24, 2.45) is 0 Å². The molecule has 3 heterocycles. The van der Waals surface area contributed by atoms with E-state index in [1.54, 1.807) is 0 Å². The van der Waals surface area contributed by atoms with Gasteiger partial charge in [0.25, 0.3) is 0 Å². The van der Waals surface area contributed by atoms with Crippen LogP contribution in [-0.2, 0) is 13.1 Å². The van der Waals surface area contributed by atoms with Crippen LogP contribution in [0, 0.1) is 0 Å². The molecule has 0 bridgehead atoms. The van der Waals surface area contributed by atoms with Gasteiger partial charge in [0.15, 0.2) is 0 Å². The smallest absolute Gasteiger partial charge is 0.131 e. The number of pyridine rings is 1. The molecular weight excluding hydrogens is 394 g/mol. The Kier molecular flexibility index (Phi) is 6.66. The molecule has 1 aromatic heterocycles. The number of hydrogen-bond donors (Lipinski definition) is 0. The summed E-state index contributed by atoms with van der Waals surface area (Å²) in [4.78, 5) is 15.0. The highest BCUT2D eigenvalue weighted by atomic mass is 15.3. The first-order valence-corrected chi connectivity index (χ1v) is 11.8. The maximum Gasteiger partial charge on any atom is 0.131 e. The minimum atomic E-state index is 1.04. The molecule has 5 heteroatoms. The van der Waals surface area contributed by atoms with Gasteiger partial charge < -0.3 is 9.80 Å². The Morgan fingerprint density at radius 2 is 0.875 bits per heavy atom. The van der Waals surface area contributed by atoms with Crippen molar-refractivity contribution in [1.82, 2.24) is 14.8 Å². The molecule has 0 radical (unpaired) electrons. The summed E-state index contributed by atoms with van der Waals surface area (Å²) in [6.45, 7) is 10.5. The lowest BCUT2D eigenvalue weighted by Crippen LogP contribution is -2.47. The summed E-state index contributed by atoms with van der Waals surface area (Å²) < 4.78 is 0. The van der Waals surface area contributed by atoms with Crippen LogP contribution in [0.25, 0.3) is 0 Å². The zero-order valence-corrected chi connectivity index (χ0v) is 18.8. The van der Waals surface area contributed by atoms with E-state index < -0.39 is 0 Å². The topological polar surface area (TPSA) is 25.9 Å². The second kappa shape index (κ2) is 10.2. The maximum atomic E-state index is 5.05. The largest absolute Gasteiger partial charge is 0.354 e. The highest BCUT2D eigenvalue weighted by molar-refractivity contribution is 5.49. The summed E-state index contributed by atoms with van der Waals surface area (Å²) in [5.41, 5.74) is 2.79. The van der Waals surface area contributed by atoms with Crippen LogP contribution in [-0.4, -0.2) is 67.1 Å². The van der Waals surface area contributed by atoms with Gasteiger partial charge in [-0.2, -0.15) is 0 Å². The van der Waals surface area contributed by atoms with Crippen LogP contribution < -0.4 is 9.80 Å². The molecule has 32 heavy (non-hydrogen) atoms. The summed E-state index contributed by atoms with van der Waals surface area (Å²) in [5, 5.41) is 0. The van der Waals surface area contributed by atoms with Crippen LogP contribution in [0.5, 0.6) is 0 Å². The van der Waals surface area contributed by atoms with E-state index in [1.165, 1.54) is 11.1 Å². The third-order valence-corrected chi connectivity index (χ3v) is 6.61. The van der Waals surface area contributed by atoms with Gasteiger partial charge in [0, 0.05) is 65.4 Å². The molecule has 0 saturated carbocycles. The molecule has 3 aromatic rings. The number of anilines is 2. The van der Waals surface area contributed by atoms with Crippen LogP contribution in [0.2, 0.25) is 0 Å². The molecule has 5 nitrogen and oxygen atoms in total. The van der Waals surface area contributed by atoms with E-state index in [1.807, 2.05) is 0 Å². The highest BCUT2D eigenvalue weighted by Crippen LogP contribution is 2.21. The lowest BCUT2D eigenvalue weighted by atomic mass is 10.2. The molecule has 166 valence electrons. The lowest BCUT2D eigenvalue weighted by molar-refractivity contribution is 0.248. The minimum absolute atomic E-state index is 1.04. The lowest BCUT2D eigenvalue weighted by Gasteiger charge is -2.37. The predicted octanol–water partition coefficient (Wildman–Crippen LogP) is 3.73. The second-order valence-electron chi connectivity index (χ2n) is 8.85. The molecule has 2 aliphatic heterocycles. The first-order chi connectivity index (χ1) is 15.8. The Morgan fingerprint density at radius 3 is 1.28 bits per heavy atom. The quantitative estimate of drug-likeness (QED) is 0.597. The molecule has 2 aromatic carbocycles. The van der Waals surface area contributed by atoms with Crippen LogP contribution >= 0.6 is 0 Å². The molecule has 0 amide bonds. The van der Waals surface area contributed by atoms with Crippen LogP contribution in [0.15, 0.2) is 78.9 Å². The molecule has 2 aliphatic rings. The van der Waals surface area contributed by atoms with Crippen molar-refractivity contribution < 1.29 is 0 Å². The van der Waals surface area contributed by atoms with Crippen molar-refractivity contribution in [2.75, 3.05) is 62.2 Å². The Labute approximate surface area is 191 Å². The van der Waals surface area contributed by atoms with Gasteiger partial charge in [-0.15, -0.1) is 0 Å². The van der Waals surface area contributed by atoms with Gasteiger partial charge in [-0.3, -0.25) is 9.80 Å². The van der Waals surface area contributed by atoms with Crippen LogP contribution in [0.3, 0.4) is 0 Å². The third-order valence-electron chi connectivity index (χ3n) is 6.61. The second-order valence-corrected chi connectivity index (χ2v) is 8.85. The molecule has 0 N–H and O–H groups in total. The van der Waals surface area contributed by atoms with Crippen LogP contribution in [0.4, 0.5) is 11.6 Å². The number of aromatic nitrogens is 1. The van der Waals surface area contributed by atoms with Crippen molar-refractivity contribution in [3.05, 3.63) is 90.0 Å². The van der Waals surface area contributed by atoms with E-state index in [0.29, 0.717) is 0 Å². The fourth-order valence-electron chi connectivity index (χ4n) is 4.72. The Bertz CT molecular complexity index is 885. The number of piperazine rings is 2. The molecule has 2 saturated heterocycles. The van der Waals surface area contributed by atoms with E-state index in [4.69, 9.17) is 4.98 Å². The van der Waals surface area contributed by atoms with Crippen molar-refractivity contribution in [3.8, 4) is 0 Å². The number of rotatable bonds is 6. The van der Waals surface area contributed by atoms with E-state index in [-0.39, 0.29) is 0 Å². The Balaban J connectivity index is 1.13. The summed E-state index contributed by atoms with van der Waals surface area (Å²) in [5.74, 6) is 2.24. The molecular formula is C27H33N5. The zero-order valence-electron chi connectivity index (χ0n) is 18.8. The maximum absolute atomic E-state index is 5.05. The summed E-state index contributed by atoms with van der Waals surface area (Å²) in [6, 6.07) is 28.1. The number of nitrogens with zero attached hydrogens (tertiary/aromatic N) is 5. The highest BCUT2D eigenvalue weighted by Gasteiger charge is 2.21. The third kappa shape index (κ3) is 5.29. The van der Waals surface area contributed by atoms with Gasteiger partial charge in [-0.1, -0.05) is 66.7 Å². The van der Waals surface area contributed by atoms with Gasteiger partial charge in [0.1, 0.15) is 11.6 Å². The first kappa shape index (κ1) is 21.0. The van der Waals surface area contributed by atoms with Crippen LogP contribution in [0.1, 0.15) is 11.1 Å². The van der Waals surface area contributed by atoms with Crippen molar-refractivity contribution in [1.29, 1.82) is 0 Å². The number of hydrogen-bond acceptors (Lipinski definition) is 5. The van der Waals surface area contributed by atoms with Gasteiger partial charge >= 0.3 is 0 Å². The summed E-state index contributed by atoms with van der Waals surface area (Å²) >= 11 is 0. The molecule has 0 aliphatic carbocycles. The Hall–Kier alpha value is -2.89. The molecule has 0 atom stereocenters. The predicted molar refractivity (Wildman–Crippen MR) is 132 cm³/mol. The zero-order chi connectivity index (χ0) is 21.6. The Morgan fingerprint density at radius 1 is 0.469 bits per heavy atom.